The van der Waals surface area contributed by atoms with Crippen LogP contribution in [0.15, 0.2) is 54.6 Å². The Kier molecular flexibility index (Phi) is 2.63. The predicted octanol–water partition coefficient (Wildman–Crippen LogP) is 3.54. The van der Waals surface area contributed by atoms with Gasteiger partial charge in [-0.2, -0.15) is 0 Å². The average molecular weight is 238 g/mol. The zero-order chi connectivity index (χ0) is 12.5. The molecule has 3 rings (SSSR count). The number of carbonyl (C=O) groups is 1. The van der Waals surface area contributed by atoms with Crippen molar-refractivity contribution in [2.24, 2.45) is 5.92 Å². The lowest BCUT2D eigenvalue weighted by molar-refractivity contribution is -0.138. The summed E-state index contributed by atoms with van der Waals surface area (Å²) in [5.41, 5.74) is 3.50. The van der Waals surface area contributed by atoms with Gasteiger partial charge >= 0.3 is 5.97 Å². The van der Waals surface area contributed by atoms with E-state index < -0.39 is 5.97 Å². The molecule has 0 saturated heterocycles. The Labute approximate surface area is 106 Å². The minimum atomic E-state index is -0.674. The van der Waals surface area contributed by atoms with Crippen LogP contribution in [-0.4, -0.2) is 11.1 Å². The van der Waals surface area contributed by atoms with E-state index in [0.29, 0.717) is 0 Å². The number of carboxylic acid groups (broad SMARTS) is 1. The van der Waals surface area contributed by atoms with Crippen molar-refractivity contribution in [1.29, 1.82) is 0 Å². The van der Waals surface area contributed by atoms with Gasteiger partial charge < -0.3 is 5.11 Å². The van der Waals surface area contributed by atoms with Crippen LogP contribution in [0.5, 0.6) is 0 Å². The van der Waals surface area contributed by atoms with E-state index in [1.165, 1.54) is 11.1 Å². The standard InChI is InChI=1S/C16H14O2/c17-16(18)15-10-14(15)13-8-6-12(7-9-13)11-4-2-1-3-5-11/h1-9,14-15H,10H2,(H,17,18)/t14-,15+/m0/s1. The van der Waals surface area contributed by atoms with Crippen LogP contribution in [0.4, 0.5) is 0 Å². The predicted molar refractivity (Wildman–Crippen MR) is 70.4 cm³/mol. The summed E-state index contributed by atoms with van der Waals surface area (Å²) in [4.78, 5) is 10.8. The van der Waals surface area contributed by atoms with Gasteiger partial charge in [0.15, 0.2) is 0 Å². The molecule has 1 fully saturated rings. The van der Waals surface area contributed by atoms with E-state index in [4.69, 9.17) is 5.11 Å². The first-order chi connectivity index (χ1) is 8.75. The van der Waals surface area contributed by atoms with Gasteiger partial charge in [-0.15, -0.1) is 0 Å². The summed E-state index contributed by atoms with van der Waals surface area (Å²) in [7, 11) is 0. The van der Waals surface area contributed by atoms with Gasteiger partial charge in [0.05, 0.1) is 5.92 Å². The molecule has 1 aliphatic rings. The van der Waals surface area contributed by atoms with Gasteiger partial charge in [-0.1, -0.05) is 54.6 Å². The monoisotopic (exact) mass is 238 g/mol. The lowest BCUT2D eigenvalue weighted by atomic mass is 10.0. The topological polar surface area (TPSA) is 37.3 Å². The molecule has 2 aromatic carbocycles. The molecule has 0 bridgehead atoms. The van der Waals surface area contributed by atoms with Crippen molar-refractivity contribution < 1.29 is 9.90 Å². The molecule has 0 amide bonds. The van der Waals surface area contributed by atoms with Gasteiger partial charge in [0.1, 0.15) is 0 Å². The van der Waals surface area contributed by atoms with Gasteiger partial charge in [0.25, 0.3) is 0 Å². The maximum Gasteiger partial charge on any atom is 0.307 e. The van der Waals surface area contributed by atoms with E-state index in [1.54, 1.807) is 0 Å². The number of benzene rings is 2. The molecular weight excluding hydrogens is 224 g/mol. The first-order valence-corrected chi connectivity index (χ1v) is 6.14. The molecule has 90 valence electrons. The lowest BCUT2D eigenvalue weighted by Crippen LogP contribution is -1.98. The van der Waals surface area contributed by atoms with Crippen LogP contribution < -0.4 is 0 Å². The summed E-state index contributed by atoms with van der Waals surface area (Å²) in [6, 6.07) is 18.4. The van der Waals surface area contributed by atoms with E-state index in [9.17, 15) is 4.79 Å². The van der Waals surface area contributed by atoms with Crippen LogP contribution in [0.3, 0.4) is 0 Å². The molecule has 1 aliphatic carbocycles. The molecule has 1 saturated carbocycles. The van der Waals surface area contributed by atoms with E-state index in [2.05, 4.69) is 36.4 Å². The van der Waals surface area contributed by atoms with Crippen molar-refractivity contribution >= 4 is 5.97 Å². The summed E-state index contributed by atoms with van der Waals surface area (Å²) in [6.07, 6.45) is 0.778. The second-order valence-electron chi connectivity index (χ2n) is 4.77. The Hall–Kier alpha value is -2.09. The summed E-state index contributed by atoms with van der Waals surface area (Å²) in [6.45, 7) is 0. The minimum absolute atomic E-state index is 0.174. The highest BCUT2D eigenvalue weighted by Crippen LogP contribution is 2.47. The maximum atomic E-state index is 10.8. The highest BCUT2D eigenvalue weighted by molar-refractivity contribution is 5.75. The fraction of sp³-hybridized carbons (Fsp3) is 0.188. The quantitative estimate of drug-likeness (QED) is 0.888. The van der Waals surface area contributed by atoms with Crippen molar-refractivity contribution in [1.82, 2.24) is 0 Å². The highest BCUT2D eigenvalue weighted by atomic mass is 16.4. The largest absolute Gasteiger partial charge is 0.481 e. The first kappa shape index (κ1) is 11.0. The van der Waals surface area contributed by atoms with E-state index in [0.717, 1.165) is 12.0 Å². The molecule has 2 aromatic rings. The molecule has 1 N–H and O–H groups in total. The molecule has 0 radical (unpaired) electrons. The second kappa shape index (κ2) is 4.30. The van der Waals surface area contributed by atoms with E-state index in [1.807, 2.05) is 18.2 Å². The van der Waals surface area contributed by atoms with Crippen LogP contribution in [0.2, 0.25) is 0 Å². The zero-order valence-electron chi connectivity index (χ0n) is 9.91. The number of hydrogen-bond acceptors (Lipinski definition) is 1. The fourth-order valence-corrected chi connectivity index (χ4v) is 2.39. The average Bonchev–Trinajstić information content (AvgIpc) is 3.20. The van der Waals surface area contributed by atoms with Crippen LogP contribution in [-0.2, 0) is 4.79 Å². The Balaban J connectivity index is 1.81. The molecule has 0 aromatic heterocycles. The third kappa shape index (κ3) is 2.02. The third-order valence-corrected chi connectivity index (χ3v) is 3.55. The van der Waals surface area contributed by atoms with Crippen molar-refractivity contribution in [3.8, 4) is 11.1 Å². The van der Waals surface area contributed by atoms with Gasteiger partial charge in [-0.25, -0.2) is 0 Å². The number of aliphatic carboxylic acids is 1. The van der Waals surface area contributed by atoms with Crippen LogP contribution in [0.1, 0.15) is 17.9 Å². The smallest absolute Gasteiger partial charge is 0.307 e. The van der Waals surface area contributed by atoms with Gasteiger partial charge in [-0.3, -0.25) is 4.79 Å². The Morgan fingerprint density at radius 2 is 1.56 bits per heavy atom. The molecule has 0 unspecified atom stereocenters. The Bertz CT molecular complexity index is 557. The van der Waals surface area contributed by atoms with Gasteiger partial charge in [-0.05, 0) is 29.0 Å². The van der Waals surface area contributed by atoms with E-state index >= 15 is 0 Å². The molecule has 2 heteroatoms. The summed E-state index contributed by atoms with van der Waals surface area (Å²) >= 11 is 0. The number of hydrogen-bond donors (Lipinski definition) is 1. The summed E-state index contributed by atoms with van der Waals surface area (Å²) < 4.78 is 0. The highest BCUT2D eigenvalue weighted by Gasteiger charge is 2.43. The van der Waals surface area contributed by atoms with Crippen molar-refractivity contribution in [3.63, 3.8) is 0 Å². The molecule has 2 atom stereocenters. The zero-order valence-corrected chi connectivity index (χ0v) is 9.91. The first-order valence-electron chi connectivity index (χ1n) is 6.14. The molecule has 0 spiro atoms. The minimum Gasteiger partial charge on any atom is -0.481 e. The number of carboxylic acids is 1. The Morgan fingerprint density at radius 3 is 2.11 bits per heavy atom. The summed E-state index contributed by atoms with van der Waals surface area (Å²) in [5.74, 6) is -0.632. The van der Waals surface area contributed by atoms with Crippen LogP contribution >= 0.6 is 0 Å². The van der Waals surface area contributed by atoms with Gasteiger partial charge in [0, 0.05) is 0 Å². The van der Waals surface area contributed by atoms with Crippen LogP contribution in [0, 0.1) is 5.92 Å². The van der Waals surface area contributed by atoms with Crippen LogP contribution in [0.25, 0.3) is 11.1 Å². The second-order valence-corrected chi connectivity index (χ2v) is 4.77. The summed E-state index contributed by atoms with van der Waals surface area (Å²) in [5, 5.41) is 8.92. The number of rotatable bonds is 3. The molecule has 0 heterocycles. The Morgan fingerprint density at radius 1 is 0.944 bits per heavy atom. The van der Waals surface area contributed by atoms with Crippen molar-refractivity contribution in [2.75, 3.05) is 0 Å². The van der Waals surface area contributed by atoms with Crippen molar-refractivity contribution in [3.05, 3.63) is 60.2 Å². The van der Waals surface area contributed by atoms with Crippen molar-refractivity contribution in [2.45, 2.75) is 12.3 Å². The van der Waals surface area contributed by atoms with E-state index in [-0.39, 0.29) is 11.8 Å². The maximum absolute atomic E-state index is 10.8. The molecule has 18 heavy (non-hydrogen) atoms. The fourth-order valence-electron chi connectivity index (χ4n) is 2.39. The normalized spacial score (nSPS) is 21.6. The molecule has 0 aliphatic heterocycles. The third-order valence-electron chi connectivity index (χ3n) is 3.55. The SMILES string of the molecule is O=C(O)[C@@H]1C[C@H]1c1ccc(-c2ccccc2)cc1. The lowest BCUT2D eigenvalue weighted by Gasteiger charge is -2.03. The molecule has 2 nitrogen and oxygen atoms in total. The van der Waals surface area contributed by atoms with Gasteiger partial charge in [0.2, 0.25) is 0 Å². The molecular formula is C16H14O2.